The molecule has 1 amide bonds. The molecule has 1 saturated carbocycles. The number of aromatic amines is 1. The van der Waals surface area contributed by atoms with Crippen molar-refractivity contribution in [3.05, 3.63) is 64.6 Å². The number of fused-ring (bicyclic) bond motifs is 1. The fourth-order valence-corrected chi connectivity index (χ4v) is 4.60. The number of amides is 1. The van der Waals surface area contributed by atoms with E-state index in [1.165, 1.54) is 12.3 Å². The van der Waals surface area contributed by atoms with E-state index in [1.54, 1.807) is 18.3 Å². The summed E-state index contributed by atoms with van der Waals surface area (Å²) in [6.07, 6.45) is 3.13. The predicted molar refractivity (Wildman–Crippen MR) is 110 cm³/mol. The number of pyridine rings is 1. The lowest BCUT2D eigenvalue weighted by atomic mass is 9.69. The van der Waals surface area contributed by atoms with Crippen molar-refractivity contribution in [2.75, 3.05) is 6.54 Å². The topological polar surface area (TPSA) is 57.8 Å². The van der Waals surface area contributed by atoms with Crippen molar-refractivity contribution in [2.45, 2.75) is 43.7 Å². The lowest BCUT2D eigenvalue weighted by molar-refractivity contribution is -0.141. The molecule has 2 N–H and O–H groups in total. The fraction of sp³-hybridized carbons (Fsp3) is 0.364. The third-order valence-corrected chi connectivity index (χ3v) is 6.38. The minimum absolute atomic E-state index is 0.298. The summed E-state index contributed by atoms with van der Waals surface area (Å²) >= 11 is 6.41. The predicted octanol–water partition coefficient (Wildman–Crippen LogP) is 5.87. The van der Waals surface area contributed by atoms with Crippen molar-refractivity contribution in [3.63, 3.8) is 0 Å². The zero-order valence-corrected chi connectivity index (χ0v) is 16.9. The van der Waals surface area contributed by atoms with Gasteiger partial charge < -0.3 is 10.3 Å². The highest BCUT2D eigenvalue weighted by Gasteiger charge is 2.37. The number of H-pyrrole nitrogens is 1. The average Bonchev–Trinajstić information content (AvgIpc) is 3.22. The lowest BCUT2D eigenvalue weighted by Crippen LogP contribution is -2.42. The Kier molecular flexibility index (Phi) is 5.49. The van der Waals surface area contributed by atoms with Crippen LogP contribution in [-0.4, -0.2) is 22.4 Å². The summed E-state index contributed by atoms with van der Waals surface area (Å²) < 4.78 is 38.7. The zero-order valence-electron chi connectivity index (χ0n) is 16.2. The third-order valence-electron chi connectivity index (χ3n) is 5.98. The van der Waals surface area contributed by atoms with Gasteiger partial charge in [-0.2, -0.15) is 13.2 Å². The normalized spacial score (nSPS) is 16.5. The molecule has 2 aromatic heterocycles. The molecule has 0 atom stereocenters. The second-order valence-corrected chi connectivity index (χ2v) is 8.20. The molecule has 4 nitrogen and oxygen atoms in total. The van der Waals surface area contributed by atoms with E-state index in [0.29, 0.717) is 17.1 Å². The van der Waals surface area contributed by atoms with Crippen LogP contribution in [0.25, 0.3) is 10.9 Å². The molecular formula is C22H21ClF3N3O. The Labute approximate surface area is 176 Å². The van der Waals surface area contributed by atoms with Crippen LogP contribution in [0.5, 0.6) is 0 Å². The van der Waals surface area contributed by atoms with E-state index in [0.717, 1.165) is 54.6 Å². The average molecular weight is 436 g/mol. The number of alkyl halides is 3. The monoisotopic (exact) mass is 435 g/mol. The van der Waals surface area contributed by atoms with Gasteiger partial charge in [0.2, 0.25) is 0 Å². The number of benzene rings is 1. The van der Waals surface area contributed by atoms with Gasteiger partial charge in [-0.3, -0.25) is 9.78 Å². The number of carbonyl (C=O) groups is 1. The van der Waals surface area contributed by atoms with E-state index in [-0.39, 0.29) is 5.91 Å². The van der Waals surface area contributed by atoms with Gasteiger partial charge in [-0.1, -0.05) is 36.9 Å². The van der Waals surface area contributed by atoms with Crippen LogP contribution in [-0.2, 0) is 11.6 Å². The molecule has 0 saturated heterocycles. The number of hydrogen-bond donors (Lipinski definition) is 2. The summed E-state index contributed by atoms with van der Waals surface area (Å²) in [6.45, 7) is 0.320. The van der Waals surface area contributed by atoms with Gasteiger partial charge in [0.05, 0.1) is 10.6 Å². The highest BCUT2D eigenvalue weighted by Crippen LogP contribution is 2.40. The molecule has 2 heterocycles. The van der Waals surface area contributed by atoms with E-state index < -0.39 is 17.3 Å². The van der Waals surface area contributed by atoms with E-state index in [2.05, 4.69) is 15.3 Å². The van der Waals surface area contributed by atoms with Gasteiger partial charge in [-0.15, -0.1) is 0 Å². The first-order valence-corrected chi connectivity index (χ1v) is 10.3. The zero-order chi connectivity index (χ0) is 21.4. The van der Waals surface area contributed by atoms with Crippen LogP contribution in [0.2, 0.25) is 5.02 Å². The van der Waals surface area contributed by atoms with Crippen LogP contribution in [0.1, 0.15) is 53.7 Å². The maximum Gasteiger partial charge on any atom is 0.433 e. The standard InChI is InChI=1S/C22H21ClF3N3O/c23-19-15-8-11-27-17(15)6-5-16(19)20(30)29-13-21(9-2-1-3-10-21)14-4-7-18(28-12-14)22(24,25)26/h4-8,11-12,27H,1-3,9-10,13H2,(H,29,30). The molecule has 1 fully saturated rings. The smallest absolute Gasteiger partial charge is 0.361 e. The molecule has 158 valence electrons. The Morgan fingerprint density at radius 1 is 1.13 bits per heavy atom. The van der Waals surface area contributed by atoms with Crippen LogP contribution in [0.3, 0.4) is 0 Å². The minimum atomic E-state index is -4.47. The largest absolute Gasteiger partial charge is 0.433 e. The van der Waals surface area contributed by atoms with Crippen molar-refractivity contribution in [1.29, 1.82) is 0 Å². The van der Waals surface area contributed by atoms with Gasteiger partial charge in [-0.25, -0.2) is 0 Å². The summed E-state index contributed by atoms with van der Waals surface area (Å²) in [5.74, 6) is -0.298. The molecule has 1 aliphatic carbocycles. The van der Waals surface area contributed by atoms with E-state index in [1.807, 2.05) is 6.07 Å². The first-order chi connectivity index (χ1) is 14.3. The van der Waals surface area contributed by atoms with Gasteiger partial charge in [0.25, 0.3) is 5.91 Å². The highest BCUT2D eigenvalue weighted by molar-refractivity contribution is 6.38. The van der Waals surface area contributed by atoms with E-state index in [4.69, 9.17) is 11.6 Å². The first-order valence-electron chi connectivity index (χ1n) is 9.88. The van der Waals surface area contributed by atoms with E-state index in [9.17, 15) is 18.0 Å². The summed E-state index contributed by atoms with van der Waals surface area (Å²) in [5.41, 5.74) is 0.599. The molecule has 0 radical (unpaired) electrons. The molecule has 0 bridgehead atoms. The summed E-state index contributed by atoms with van der Waals surface area (Å²) in [4.78, 5) is 19.5. The van der Waals surface area contributed by atoms with Crippen molar-refractivity contribution >= 4 is 28.4 Å². The van der Waals surface area contributed by atoms with E-state index >= 15 is 0 Å². The Morgan fingerprint density at radius 2 is 1.90 bits per heavy atom. The van der Waals surface area contributed by atoms with Gasteiger partial charge in [-0.05, 0) is 42.7 Å². The summed E-state index contributed by atoms with van der Waals surface area (Å²) in [6, 6.07) is 7.79. The maximum atomic E-state index is 12.9. The minimum Gasteiger partial charge on any atom is -0.361 e. The highest BCUT2D eigenvalue weighted by atomic mass is 35.5. The number of halogens is 4. The Morgan fingerprint density at radius 3 is 2.57 bits per heavy atom. The Balaban J connectivity index is 1.57. The van der Waals surface area contributed by atoms with Gasteiger partial charge in [0.15, 0.2) is 0 Å². The molecule has 8 heteroatoms. The second-order valence-electron chi connectivity index (χ2n) is 7.82. The summed E-state index contributed by atoms with van der Waals surface area (Å²) in [7, 11) is 0. The van der Waals surface area contributed by atoms with Gasteiger partial charge >= 0.3 is 6.18 Å². The lowest BCUT2D eigenvalue weighted by Gasteiger charge is -2.38. The molecule has 0 aliphatic heterocycles. The van der Waals surface area contributed by atoms with Crippen molar-refractivity contribution in [3.8, 4) is 0 Å². The van der Waals surface area contributed by atoms with Crippen LogP contribution < -0.4 is 5.32 Å². The molecule has 1 aromatic carbocycles. The van der Waals surface area contributed by atoms with Gasteiger partial charge in [0, 0.05) is 35.3 Å². The van der Waals surface area contributed by atoms with Crippen LogP contribution in [0.4, 0.5) is 13.2 Å². The molecule has 0 spiro atoms. The van der Waals surface area contributed by atoms with Gasteiger partial charge in [0.1, 0.15) is 5.69 Å². The fourth-order valence-electron chi connectivity index (χ4n) is 4.29. The molecule has 1 aliphatic rings. The van der Waals surface area contributed by atoms with Crippen molar-refractivity contribution in [1.82, 2.24) is 15.3 Å². The number of carbonyl (C=O) groups excluding carboxylic acids is 1. The van der Waals surface area contributed by atoms with Crippen LogP contribution in [0.15, 0.2) is 42.7 Å². The number of nitrogens with zero attached hydrogens (tertiary/aromatic N) is 1. The molecule has 30 heavy (non-hydrogen) atoms. The maximum absolute atomic E-state index is 12.9. The molecular weight excluding hydrogens is 415 g/mol. The van der Waals surface area contributed by atoms with Crippen molar-refractivity contribution in [2.24, 2.45) is 0 Å². The SMILES string of the molecule is O=C(NCC1(c2ccc(C(F)(F)F)nc2)CCCCC1)c1ccc2[nH]ccc2c1Cl. The van der Waals surface area contributed by atoms with Crippen LogP contribution in [0, 0.1) is 0 Å². The molecule has 4 rings (SSSR count). The first kappa shape index (κ1) is 20.7. The quantitative estimate of drug-likeness (QED) is 0.538. The Hall–Kier alpha value is -2.54. The third kappa shape index (κ3) is 3.90. The summed E-state index contributed by atoms with van der Waals surface area (Å²) in [5, 5.41) is 4.11. The number of aromatic nitrogens is 2. The molecule has 0 unspecified atom stereocenters. The number of nitrogens with one attached hydrogen (secondary N) is 2. The second kappa shape index (κ2) is 7.95. The van der Waals surface area contributed by atoms with Crippen molar-refractivity contribution < 1.29 is 18.0 Å². The molecule has 3 aromatic rings. The van der Waals surface area contributed by atoms with Crippen LogP contribution >= 0.6 is 11.6 Å². The number of hydrogen-bond acceptors (Lipinski definition) is 2. The number of rotatable bonds is 4. The Bertz CT molecular complexity index is 1050.